The first-order valence-corrected chi connectivity index (χ1v) is 8.67. The number of hydrogen-bond acceptors (Lipinski definition) is 5. The van der Waals surface area contributed by atoms with Crippen molar-refractivity contribution in [2.75, 3.05) is 25.6 Å². The number of amides is 2. The van der Waals surface area contributed by atoms with Gasteiger partial charge in [-0.15, -0.1) is 0 Å². The summed E-state index contributed by atoms with van der Waals surface area (Å²) in [5.74, 6) is -1.68. The number of rotatable bonds is 7. The van der Waals surface area contributed by atoms with Crippen molar-refractivity contribution in [3.8, 4) is 0 Å². The molecule has 0 aliphatic carbocycles. The molecule has 2 amide bonds. The first kappa shape index (κ1) is 20.7. The van der Waals surface area contributed by atoms with E-state index in [9.17, 15) is 9.59 Å². The van der Waals surface area contributed by atoms with Crippen molar-refractivity contribution in [2.24, 2.45) is 5.10 Å². The number of anilines is 2. The average molecular weight is 409 g/mol. The van der Waals surface area contributed by atoms with Crippen LogP contribution >= 0.6 is 23.2 Å². The highest BCUT2D eigenvalue weighted by Gasteiger charge is 2.11. The number of hydrazone groups is 1. The molecule has 0 atom stereocenters. The third kappa shape index (κ3) is 6.90. The number of carbonyl (C=O) groups is 2. The molecule has 0 aliphatic heterocycles. The lowest BCUT2D eigenvalue weighted by molar-refractivity contribution is -0.139. The quantitative estimate of drug-likeness (QED) is 0.284. The van der Waals surface area contributed by atoms with Crippen LogP contribution in [0.5, 0.6) is 0 Å². The number of nitrogens with one attached hydrogen (secondary N) is 3. The van der Waals surface area contributed by atoms with Crippen LogP contribution in [0.1, 0.15) is 5.56 Å². The molecule has 2 rings (SSSR count). The molecule has 9 heteroatoms. The van der Waals surface area contributed by atoms with E-state index in [0.717, 1.165) is 5.69 Å². The zero-order valence-corrected chi connectivity index (χ0v) is 16.0. The van der Waals surface area contributed by atoms with Gasteiger partial charge in [-0.2, -0.15) is 5.10 Å². The Morgan fingerprint density at radius 3 is 2.63 bits per heavy atom. The van der Waals surface area contributed by atoms with E-state index in [-0.39, 0.29) is 6.54 Å². The van der Waals surface area contributed by atoms with Crippen molar-refractivity contribution in [1.82, 2.24) is 10.7 Å². The molecule has 0 bridgehead atoms. The van der Waals surface area contributed by atoms with Crippen molar-refractivity contribution in [1.29, 1.82) is 0 Å². The van der Waals surface area contributed by atoms with E-state index in [1.807, 2.05) is 12.1 Å². The molecular formula is C18H18Cl2N4O3. The second-order valence-corrected chi connectivity index (χ2v) is 6.19. The van der Waals surface area contributed by atoms with Crippen LogP contribution in [0.3, 0.4) is 0 Å². The number of hydrogen-bond donors (Lipinski definition) is 3. The van der Waals surface area contributed by atoms with Crippen LogP contribution in [0.15, 0.2) is 47.6 Å². The summed E-state index contributed by atoms with van der Waals surface area (Å²) in [5.41, 5.74) is 4.25. The van der Waals surface area contributed by atoms with Crippen LogP contribution in [-0.2, 0) is 14.3 Å². The molecule has 0 saturated heterocycles. The maximum Gasteiger partial charge on any atom is 0.329 e. The first-order chi connectivity index (χ1) is 13.0. The summed E-state index contributed by atoms with van der Waals surface area (Å²) in [6.07, 6.45) is 1.39. The summed E-state index contributed by atoms with van der Waals surface area (Å²) >= 11 is 12.0. The van der Waals surface area contributed by atoms with Crippen LogP contribution < -0.4 is 16.1 Å². The molecule has 2 aromatic carbocycles. The van der Waals surface area contributed by atoms with Crippen molar-refractivity contribution in [3.05, 3.63) is 58.1 Å². The Hall–Kier alpha value is -2.61. The van der Waals surface area contributed by atoms with Gasteiger partial charge in [0.1, 0.15) is 0 Å². The van der Waals surface area contributed by atoms with Gasteiger partial charge < -0.3 is 15.4 Å². The second kappa shape index (κ2) is 10.5. The van der Waals surface area contributed by atoms with Gasteiger partial charge in [0.25, 0.3) is 0 Å². The number of ether oxygens (including phenoxy) is 1. The van der Waals surface area contributed by atoms with Gasteiger partial charge >= 0.3 is 11.8 Å². The fourth-order valence-electron chi connectivity index (χ4n) is 2.03. The van der Waals surface area contributed by atoms with Crippen LogP contribution in [0.25, 0.3) is 0 Å². The third-order valence-electron chi connectivity index (χ3n) is 3.28. The molecule has 0 aliphatic rings. The highest BCUT2D eigenvalue weighted by molar-refractivity contribution is 6.35. The maximum absolute atomic E-state index is 11.7. The molecule has 0 unspecified atom stereocenters. The molecule has 0 radical (unpaired) electrons. The zero-order chi connectivity index (χ0) is 19.6. The topological polar surface area (TPSA) is 91.8 Å². The normalized spacial score (nSPS) is 10.6. The lowest BCUT2D eigenvalue weighted by atomic mass is 10.2. The minimum Gasteiger partial charge on any atom is -0.383 e. The zero-order valence-electron chi connectivity index (χ0n) is 14.5. The van der Waals surface area contributed by atoms with Crippen LogP contribution in [0, 0.1) is 0 Å². The maximum atomic E-state index is 11.7. The van der Waals surface area contributed by atoms with Gasteiger partial charge in [-0.3, -0.25) is 9.59 Å². The number of halogens is 2. The summed E-state index contributed by atoms with van der Waals surface area (Å²) in [4.78, 5) is 23.2. The minimum atomic E-state index is -0.881. The summed E-state index contributed by atoms with van der Waals surface area (Å²) in [6.45, 7) is 0.539. The first-order valence-electron chi connectivity index (χ1n) is 7.92. The Morgan fingerprint density at radius 2 is 1.89 bits per heavy atom. The van der Waals surface area contributed by atoms with Gasteiger partial charge in [0.05, 0.1) is 12.8 Å². The number of benzene rings is 2. The van der Waals surface area contributed by atoms with Gasteiger partial charge in [0, 0.05) is 40.6 Å². The summed E-state index contributed by atoms with van der Waals surface area (Å²) in [5, 5.41) is 10.5. The molecule has 0 aromatic heterocycles. The number of nitrogens with zero attached hydrogens (tertiary/aromatic N) is 1. The second-order valence-electron chi connectivity index (χ2n) is 5.31. The van der Waals surface area contributed by atoms with E-state index >= 15 is 0 Å². The summed E-state index contributed by atoms with van der Waals surface area (Å²) < 4.78 is 4.79. The van der Waals surface area contributed by atoms with E-state index in [1.165, 1.54) is 13.3 Å². The van der Waals surface area contributed by atoms with E-state index in [4.69, 9.17) is 27.9 Å². The lowest BCUT2D eigenvalue weighted by Gasteiger charge is -2.10. The summed E-state index contributed by atoms with van der Waals surface area (Å²) in [7, 11) is 1.50. The predicted octanol–water partition coefficient (Wildman–Crippen LogP) is 2.95. The highest BCUT2D eigenvalue weighted by atomic mass is 35.5. The van der Waals surface area contributed by atoms with Gasteiger partial charge in [-0.25, -0.2) is 5.43 Å². The molecule has 27 heavy (non-hydrogen) atoms. The van der Waals surface area contributed by atoms with E-state index in [1.54, 1.807) is 30.3 Å². The smallest absolute Gasteiger partial charge is 0.329 e. The highest BCUT2D eigenvalue weighted by Crippen LogP contribution is 2.24. The molecule has 0 saturated carbocycles. The average Bonchev–Trinajstić information content (AvgIpc) is 2.64. The van der Waals surface area contributed by atoms with Gasteiger partial charge in [-0.1, -0.05) is 29.3 Å². The van der Waals surface area contributed by atoms with E-state index < -0.39 is 11.8 Å². The van der Waals surface area contributed by atoms with Gasteiger partial charge in [0.15, 0.2) is 0 Å². The van der Waals surface area contributed by atoms with E-state index in [2.05, 4.69) is 21.2 Å². The van der Waals surface area contributed by atoms with Crippen LogP contribution in [0.4, 0.5) is 11.4 Å². The Bertz CT molecular complexity index is 843. The standard InChI is InChI=1S/C18H18Cl2N4O3/c1-27-8-7-21-17(25)18(26)24-22-11-12-9-14(20)5-6-16(12)23-15-4-2-3-13(19)10-15/h2-6,9-11,23H,7-8H2,1H3,(H,21,25)(H,24,26)/b22-11-. The number of carbonyl (C=O) groups excluding carboxylic acids is 2. The van der Waals surface area contributed by atoms with Gasteiger partial charge in [0.2, 0.25) is 0 Å². The fourth-order valence-corrected chi connectivity index (χ4v) is 2.40. The van der Waals surface area contributed by atoms with E-state index in [0.29, 0.717) is 27.9 Å². The Balaban J connectivity index is 2.04. The van der Waals surface area contributed by atoms with Crippen molar-refractivity contribution in [3.63, 3.8) is 0 Å². The predicted molar refractivity (Wildman–Crippen MR) is 107 cm³/mol. The molecular weight excluding hydrogens is 391 g/mol. The number of methoxy groups -OCH3 is 1. The van der Waals surface area contributed by atoms with Crippen molar-refractivity contribution >= 4 is 52.6 Å². The fraction of sp³-hybridized carbons (Fsp3) is 0.167. The molecule has 142 valence electrons. The molecule has 0 spiro atoms. The molecule has 0 fully saturated rings. The van der Waals surface area contributed by atoms with Crippen molar-refractivity contribution < 1.29 is 14.3 Å². The molecule has 2 aromatic rings. The Kier molecular flexibility index (Phi) is 8.06. The molecule has 7 nitrogen and oxygen atoms in total. The lowest BCUT2D eigenvalue weighted by Crippen LogP contribution is -2.39. The monoisotopic (exact) mass is 408 g/mol. The Labute approximate surface area is 166 Å². The molecule has 0 heterocycles. The summed E-state index contributed by atoms with van der Waals surface area (Å²) in [6, 6.07) is 12.4. The van der Waals surface area contributed by atoms with Crippen LogP contribution in [0.2, 0.25) is 10.0 Å². The largest absolute Gasteiger partial charge is 0.383 e. The van der Waals surface area contributed by atoms with Crippen LogP contribution in [-0.4, -0.2) is 38.3 Å². The SMILES string of the molecule is COCCNC(=O)C(=O)N/N=C\c1cc(Cl)ccc1Nc1cccc(Cl)c1. The van der Waals surface area contributed by atoms with Crippen molar-refractivity contribution in [2.45, 2.75) is 0 Å². The minimum absolute atomic E-state index is 0.231. The Morgan fingerprint density at radius 1 is 1.11 bits per heavy atom. The molecule has 3 N–H and O–H groups in total. The third-order valence-corrected chi connectivity index (χ3v) is 3.76. The van der Waals surface area contributed by atoms with Gasteiger partial charge in [-0.05, 0) is 36.4 Å².